The minimum Gasteiger partial charge on any atom is -0.281 e. The Morgan fingerprint density at radius 1 is 1.16 bits per heavy atom. The molecule has 0 bridgehead atoms. The van der Waals surface area contributed by atoms with Crippen molar-refractivity contribution in [2.24, 2.45) is 10.9 Å². The summed E-state index contributed by atoms with van der Waals surface area (Å²) in [6, 6.07) is 5.22. The minimum atomic E-state index is -4.29. The molecule has 0 saturated carbocycles. The highest BCUT2D eigenvalue weighted by atomic mass is 32.2. The molecule has 0 aliphatic heterocycles. The maximum absolute atomic E-state index is 12.9. The van der Waals surface area contributed by atoms with E-state index < -0.39 is 5.51 Å². The number of halogens is 3. The third-order valence-corrected chi connectivity index (χ3v) is 5.87. The van der Waals surface area contributed by atoms with Gasteiger partial charge in [0.2, 0.25) is 0 Å². The summed E-state index contributed by atoms with van der Waals surface area (Å²) in [5.74, 6) is 1.48. The van der Waals surface area contributed by atoms with Gasteiger partial charge < -0.3 is 0 Å². The van der Waals surface area contributed by atoms with Crippen LogP contribution in [0, 0.1) is 5.92 Å². The molecule has 0 aliphatic rings. The molecule has 0 heterocycles. The van der Waals surface area contributed by atoms with Crippen molar-refractivity contribution in [1.82, 2.24) is 0 Å². The number of thioether (sulfide) groups is 2. The molecule has 0 aromatic heterocycles. The first-order valence-electron chi connectivity index (χ1n) is 8.47. The molecule has 1 atom stereocenters. The quantitative estimate of drug-likeness (QED) is 0.290. The maximum Gasteiger partial charge on any atom is 0.446 e. The van der Waals surface area contributed by atoms with Crippen LogP contribution in [0.1, 0.15) is 58.6 Å². The molecule has 0 spiro atoms. The van der Waals surface area contributed by atoms with Gasteiger partial charge in [0.05, 0.1) is 5.04 Å². The Morgan fingerprint density at radius 3 is 2.28 bits per heavy atom. The van der Waals surface area contributed by atoms with Gasteiger partial charge in [-0.3, -0.25) is 4.99 Å². The van der Waals surface area contributed by atoms with Crippen LogP contribution < -0.4 is 0 Å². The van der Waals surface area contributed by atoms with Crippen molar-refractivity contribution >= 4 is 28.6 Å². The summed E-state index contributed by atoms with van der Waals surface area (Å²) in [6.07, 6.45) is 2.27. The van der Waals surface area contributed by atoms with E-state index in [0.29, 0.717) is 5.92 Å². The van der Waals surface area contributed by atoms with Crippen LogP contribution >= 0.6 is 23.5 Å². The van der Waals surface area contributed by atoms with Gasteiger partial charge in [-0.2, -0.15) is 13.2 Å². The van der Waals surface area contributed by atoms with Gasteiger partial charge in [0, 0.05) is 23.3 Å². The van der Waals surface area contributed by atoms with Crippen LogP contribution in [0.2, 0.25) is 0 Å². The monoisotopic (exact) mass is 391 g/mol. The second-order valence-corrected chi connectivity index (χ2v) is 9.42. The summed E-state index contributed by atoms with van der Waals surface area (Å²) in [7, 11) is 1.70. The Bertz CT molecular complexity index is 589. The second-order valence-electron chi connectivity index (χ2n) is 7.28. The number of nitrogens with zero attached hydrogens (tertiary/aromatic N) is 1. The van der Waals surface area contributed by atoms with Gasteiger partial charge in [-0.25, -0.2) is 0 Å². The molecule has 25 heavy (non-hydrogen) atoms. The fourth-order valence-electron chi connectivity index (χ4n) is 2.42. The van der Waals surface area contributed by atoms with Gasteiger partial charge in [0.15, 0.2) is 0 Å². The number of hydrogen-bond acceptors (Lipinski definition) is 3. The summed E-state index contributed by atoms with van der Waals surface area (Å²) in [5.41, 5.74) is -2.86. The molecule has 0 fully saturated rings. The van der Waals surface area contributed by atoms with E-state index in [1.54, 1.807) is 30.9 Å². The van der Waals surface area contributed by atoms with Crippen LogP contribution in [0.25, 0.3) is 0 Å². The van der Waals surface area contributed by atoms with E-state index in [1.165, 1.54) is 0 Å². The van der Waals surface area contributed by atoms with E-state index >= 15 is 0 Å². The van der Waals surface area contributed by atoms with Crippen molar-refractivity contribution < 1.29 is 13.2 Å². The Morgan fingerprint density at radius 2 is 1.80 bits per heavy atom. The molecule has 0 N–H and O–H groups in total. The zero-order valence-electron chi connectivity index (χ0n) is 15.8. The highest BCUT2D eigenvalue weighted by molar-refractivity contribution is 8.14. The predicted molar refractivity (Wildman–Crippen MR) is 106 cm³/mol. The lowest BCUT2D eigenvalue weighted by Gasteiger charge is -2.22. The molecule has 0 radical (unpaired) electrons. The number of alkyl halides is 3. The number of aliphatic imine (C=N–C) groups is 1. The molecule has 142 valence electrons. The molecule has 1 aromatic carbocycles. The van der Waals surface area contributed by atoms with Gasteiger partial charge in [-0.15, -0.1) is 11.8 Å². The summed E-state index contributed by atoms with van der Waals surface area (Å²) in [4.78, 5) is 4.56. The van der Waals surface area contributed by atoms with E-state index in [-0.39, 0.29) is 22.1 Å². The van der Waals surface area contributed by atoms with E-state index in [1.807, 2.05) is 26.8 Å². The topological polar surface area (TPSA) is 12.4 Å². The van der Waals surface area contributed by atoms with Crippen molar-refractivity contribution in [2.45, 2.75) is 63.3 Å². The lowest BCUT2D eigenvalue weighted by molar-refractivity contribution is -0.0328. The molecule has 0 saturated heterocycles. The highest BCUT2D eigenvalue weighted by Gasteiger charge is 2.30. The maximum atomic E-state index is 12.9. The van der Waals surface area contributed by atoms with Gasteiger partial charge in [-0.1, -0.05) is 47.5 Å². The van der Waals surface area contributed by atoms with Gasteiger partial charge in [0.1, 0.15) is 0 Å². The van der Waals surface area contributed by atoms with Crippen molar-refractivity contribution in [3.63, 3.8) is 0 Å². The van der Waals surface area contributed by atoms with Crippen LogP contribution in [0.15, 0.2) is 28.1 Å². The fraction of sp³-hybridized carbons (Fsp3) is 0.632. The van der Waals surface area contributed by atoms with E-state index in [2.05, 4.69) is 18.8 Å². The average Bonchev–Trinajstić information content (AvgIpc) is 2.45. The fourth-order valence-corrected chi connectivity index (χ4v) is 4.08. The average molecular weight is 392 g/mol. The Balaban J connectivity index is 3.16. The normalized spacial score (nSPS) is 14.7. The Hall–Kier alpha value is -0.620. The van der Waals surface area contributed by atoms with Crippen molar-refractivity contribution in [3.05, 3.63) is 29.3 Å². The first-order valence-corrected chi connectivity index (χ1v) is 10.3. The molecule has 0 aliphatic carbocycles. The summed E-state index contributed by atoms with van der Waals surface area (Å²) in [6.45, 7) is 10.4. The SMILES string of the molecule is CCCC(C)CSC(=NC)c1cc(SC(F)(F)F)cc(C(C)(C)C)c1. The zero-order valence-corrected chi connectivity index (χ0v) is 17.5. The van der Waals surface area contributed by atoms with Gasteiger partial charge in [0.25, 0.3) is 0 Å². The molecular weight excluding hydrogens is 363 g/mol. The molecule has 1 unspecified atom stereocenters. The summed E-state index contributed by atoms with van der Waals surface area (Å²) in [5, 5.41) is 0.804. The molecule has 6 heteroatoms. The third kappa shape index (κ3) is 8.07. The standard InChI is InChI=1S/C19H28F3NS2/c1-7-8-13(2)12-24-17(23-6)14-9-15(18(3,4)5)11-16(10-14)25-19(20,21)22/h9-11,13H,7-8,12H2,1-6H3. The van der Waals surface area contributed by atoms with Gasteiger partial charge >= 0.3 is 5.51 Å². The number of benzene rings is 1. The molecule has 1 rings (SSSR count). The lowest BCUT2D eigenvalue weighted by Crippen LogP contribution is -2.13. The van der Waals surface area contributed by atoms with Crippen LogP contribution in [-0.4, -0.2) is 23.4 Å². The highest BCUT2D eigenvalue weighted by Crippen LogP contribution is 2.39. The lowest BCUT2D eigenvalue weighted by atomic mass is 9.86. The smallest absolute Gasteiger partial charge is 0.281 e. The van der Waals surface area contributed by atoms with E-state index in [9.17, 15) is 13.2 Å². The van der Waals surface area contributed by atoms with Crippen LogP contribution in [-0.2, 0) is 5.41 Å². The summed E-state index contributed by atoms with van der Waals surface area (Å²) < 4.78 is 38.6. The molecular formula is C19H28F3NS2. The zero-order chi connectivity index (χ0) is 19.3. The molecule has 0 amide bonds. The third-order valence-electron chi connectivity index (χ3n) is 3.74. The predicted octanol–water partition coefficient (Wildman–Crippen LogP) is 7.14. The first kappa shape index (κ1) is 22.4. The summed E-state index contributed by atoms with van der Waals surface area (Å²) >= 11 is 1.57. The minimum absolute atomic E-state index is 0.0587. The second kappa shape index (κ2) is 9.36. The molecule has 1 aromatic rings. The van der Waals surface area contributed by atoms with Crippen LogP contribution in [0.3, 0.4) is 0 Å². The Labute approximate surface area is 158 Å². The van der Waals surface area contributed by atoms with Crippen LogP contribution in [0.5, 0.6) is 0 Å². The van der Waals surface area contributed by atoms with Gasteiger partial charge in [-0.05, 0) is 46.9 Å². The van der Waals surface area contributed by atoms with Crippen LogP contribution in [0.4, 0.5) is 13.2 Å². The Kier molecular flexibility index (Phi) is 8.39. The first-order chi connectivity index (χ1) is 11.5. The molecule has 1 nitrogen and oxygen atoms in total. The van der Waals surface area contributed by atoms with Crippen molar-refractivity contribution in [2.75, 3.05) is 12.8 Å². The van der Waals surface area contributed by atoms with E-state index in [4.69, 9.17) is 0 Å². The largest absolute Gasteiger partial charge is 0.446 e. The number of hydrogen-bond donors (Lipinski definition) is 0. The number of rotatable bonds is 6. The van der Waals surface area contributed by atoms with Crippen molar-refractivity contribution in [1.29, 1.82) is 0 Å². The van der Waals surface area contributed by atoms with Crippen molar-refractivity contribution in [3.8, 4) is 0 Å². The van der Waals surface area contributed by atoms with E-state index in [0.717, 1.165) is 34.8 Å².